The van der Waals surface area contributed by atoms with Crippen LogP contribution in [0.25, 0.3) is 0 Å². The summed E-state index contributed by atoms with van der Waals surface area (Å²) < 4.78 is 50.8. The number of halogens is 3. The number of nitrogens with one attached hydrogen (secondary N) is 2. The summed E-state index contributed by atoms with van der Waals surface area (Å²) in [6.07, 6.45) is -8.64. The normalized spacial score (nSPS) is 13.7. The van der Waals surface area contributed by atoms with Gasteiger partial charge in [-0.05, 0) is 65.6 Å². The minimum atomic E-state index is -4.98. The van der Waals surface area contributed by atoms with Gasteiger partial charge in [-0.25, -0.2) is 4.79 Å². The van der Waals surface area contributed by atoms with Crippen LogP contribution in [0.2, 0.25) is 0 Å². The Bertz CT molecular complexity index is 1650. The van der Waals surface area contributed by atoms with Gasteiger partial charge >= 0.3 is 12.1 Å². The molecule has 11 nitrogen and oxygen atoms in total. The third-order valence-corrected chi connectivity index (χ3v) is 7.69. The second-order valence-electron chi connectivity index (χ2n) is 11.5. The number of hydrogen-bond donors (Lipinski definition) is 4. The summed E-state index contributed by atoms with van der Waals surface area (Å²) in [4.78, 5) is 51.7. The van der Waals surface area contributed by atoms with Gasteiger partial charge in [0.1, 0.15) is 23.6 Å². The quantitative estimate of drug-likeness (QED) is 0.171. The largest absolute Gasteiger partial charge is 0.497 e. The number of carbonyl (C=O) groups excluding carboxylic acids is 3. The van der Waals surface area contributed by atoms with E-state index in [1.165, 1.54) is 75.6 Å². The first-order valence-corrected chi connectivity index (χ1v) is 15.1. The highest BCUT2D eigenvalue weighted by Crippen LogP contribution is 2.33. The molecule has 3 rings (SSSR count). The maximum Gasteiger partial charge on any atom is 0.414 e. The summed E-state index contributed by atoms with van der Waals surface area (Å²) in [5.74, 6) is -5.27. The molecule has 0 aliphatic rings. The Hall–Kier alpha value is -5.42. The number of amides is 2. The van der Waals surface area contributed by atoms with Crippen LogP contribution in [0.5, 0.6) is 11.5 Å². The van der Waals surface area contributed by atoms with Crippen molar-refractivity contribution in [2.24, 2.45) is 11.8 Å². The Labute approximate surface area is 280 Å². The molecule has 260 valence electrons. The average molecular weight is 684 g/mol. The van der Waals surface area contributed by atoms with Crippen LogP contribution in [0, 0.1) is 23.2 Å². The molecule has 0 fully saturated rings. The minimum Gasteiger partial charge on any atom is -0.497 e. The predicted molar refractivity (Wildman–Crippen MR) is 170 cm³/mol. The van der Waals surface area contributed by atoms with Crippen LogP contribution in [0.15, 0.2) is 72.8 Å². The van der Waals surface area contributed by atoms with Gasteiger partial charge in [0.2, 0.25) is 5.91 Å². The highest BCUT2D eigenvalue weighted by Gasteiger charge is 2.45. The molecule has 3 aromatic carbocycles. The number of carbonyl (C=O) groups is 4. The van der Waals surface area contributed by atoms with Gasteiger partial charge in [-0.2, -0.15) is 18.4 Å². The number of benzene rings is 3. The maximum absolute atomic E-state index is 13.9. The number of methoxy groups -OCH3 is 1. The summed E-state index contributed by atoms with van der Waals surface area (Å²) in [6.45, 7) is 2.29. The van der Waals surface area contributed by atoms with Crippen molar-refractivity contribution in [3.8, 4) is 17.6 Å². The number of aliphatic hydroxyl groups is 1. The number of hydrogen-bond acceptors (Lipinski definition) is 8. The standard InChI is InChI=1S/C35H36F3N3O8/c1-20(2)27(32(45)35(36,37)38)17-29(42)31(23-7-11-25(48-3)12-8-23)41-34(47)28(16-21-5-4-6-22(15-21)18-39)40-33(46)24-9-13-26(14-10-24)49-19-30(43)44/h4-15,20,27-28,31-32,45H,16-17,19H2,1-3H3,(H,40,46)(H,41,47)(H,43,44)/t27-,28-,31-,32-/m0/s1. The number of alkyl halides is 3. The first-order valence-electron chi connectivity index (χ1n) is 15.1. The van der Waals surface area contributed by atoms with Crippen LogP contribution in [-0.4, -0.2) is 65.8 Å². The van der Waals surface area contributed by atoms with Crippen molar-refractivity contribution in [2.75, 3.05) is 13.7 Å². The third-order valence-electron chi connectivity index (χ3n) is 7.69. The van der Waals surface area contributed by atoms with Crippen molar-refractivity contribution in [3.05, 3.63) is 95.1 Å². The van der Waals surface area contributed by atoms with E-state index in [0.29, 0.717) is 11.3 Å². The number of ether oxygens (including phenoxy) is 2. The molecule has 3 aromatic rings. The van der Waals surface area contributed by atoms with Crippen molar-refractivity contribution >= 4 is 23.6 Å². The second kappa shape index (κ2) is 17.1. The van der Waals surface area contributed by atoms with Gasteiger partial charge in [0, 0.05) is 24.3 Å². The lowest BCUT2D eigenvalue weighted by atomic mass is 9.83. The molecular formula is C35H36F3N3O8. The lowest BCUT2D eigenvalue weighted by molar-refractivity contribution is -0.224. The molecule has 2 amide bonds. The zero-order chi connectivity index (χ0) is 36.3. The number of carboxylic acid groups (broad SMARTS) is 1. The number of aliphatic hydroxyl groups excluding tert-OH is 1. The number of nitrogens with zero attached hydrogens (tertiary/aromatic N) is 1. The minimum absolute atomic E-state index is 0.0787. The fourth-order valence-electron chi connectivity index (χ4n) is 5.00. The SMILES string of the molecule is COc1ccc([C@H](NC(=O)[C@H](Cc2cccc(C#N)c2)NC(=O)c2ccc(OCC(=O)O)cc2)C(=O)C[C@@H](C(C)C)[C@H](O)C(F)(F)F)cc1. The average Bonchev–Trinajstić information content (AvgIpc) is 3.07. The highest BCUT2D eigenvalue weighted by atomic mass is 19.4. The highest BCUT2D eigenvalue weighted by molar-refractivity contribution is 5.99. The van der Waals surface area contributed by atoms with E-state index in [1.54, 1.807) is 18.2 Å². The molecule has 0 spiro atoms. The molecular weight excluding hydrogens is 647 g/mol. The molecule has 0 saturated heterocycles. The van der Waals surface area contributed by atoms with Crippen molar-refractivity contribution in [2.45, 2.75) is 51.1 Å². The Morgan fingerprint density at radius 3 is 2.12 bits per heavy atom. The lowest BCUT2D eigenvalue weighted by Crippen LogP contribution is -2.50. The number of nitriles is 1. The molecule has 0 unspecified atom stereocenters. The second-order valence-corrected chi connectivity index (χ2v) is 11.5. The molecule has 0 aliphatic heterocycles. The molecule has 0 heterocycles. The topological polar surface area (TPSA) is 175 Å². The van der Waals surface area contributed by atoms with Gasteiger partial charge in [-0.1, -0.05) is 38.1 Å². The van der Waals surface area contributed by atoms with E-state index in [9.17, 15) is 42.7 Å². The van der Waals surface area contributed by atoms with E-state index in [2.05, 4.69) is 10.6 Å². The molecule has 4 N–H and O–H groups in total. The van der Waals surface area contributed by atoms with Gasteiger partial charge in [0.25, 0.3) is 5.91 Å². The first-order chi connectivity index (χ1) is 23.1. The van der Waals surface area contributed by atoms with E-state index in [-0.39, 0.29) is 28.9 Å². The van der Waals surface area contributed by atoms with Crippen LogP contribution in [-0.2, 0) is 20.8 Å². The molecule has 0 bridgehead atoms. The fourth-order valence-corrected chi connectivity index (χ4v) is 5.00. The predicted octanol–water partition coefficient (Wildman–Crippen LogP) is 4.38. The molecule has 0 radical (unpaired) electrons. The van der Waals surface area contributed by atoms with Crippen LogP contribution in [0.4, 0.5) is 13.2 Å². The smallest absolute Gasteiger partial charge is 0.414 e. The van der Waals surface area contributed by atoms with Crippen molar-refractivity contribution in [3.63, 3.8) is 0 Å². The van der Waals surface area contributed by atoms with Crippen molar-refractivity contribution in [1.29, 1.82) is 5.26 Å². The molecule has 0 saturated carbocycles. The number of carboxylic acids is 1. The zero-order valence-corrected chi connectivity index (χ0v) is 26.9. The summed E-state index contributed by atoms with van der Waals surface area (Å²) in [5, 5.41) is 33.4. The monoisotopic (exact) mass is 683 g/mol. The first kappa shape index (κ1) is 38.0. The van der Waals surface area contributed by atoms with Crippen LogP contribution in [0.1, 0.15) is 53.4 Å². The van der Waals surface area contributed by atoms with E-state index >= 15 is 0 Å². The van der Waals surface area contributed by atoms with Gasteiger partial charge in [0.15, 0.2) is 18.5 Å². The summed E-state index contributed by atoms with van der Waals surface area (Å²) in [7, 11) is 1.41. The van der Waals surface area contributed by atoms with Gasteiger partial charge in [0.05, 0.1) is 18.7 Å². The molecule has 14 heteroatoms. The summed E-state index contributed by atoms with van der Waals surface area (Å²) in [6, 6.07) is 16.8. The molecule has 0 aromatic heterocycles. The number of ketones is 1. The van der Waals surface area contributed by atoms with E-state index in [1.807, 2.05) is 6.07 Å². The molecule has 0 aliphatic carbocycles. The van der Waals surface area contributed by atoms with Crippen molar-refractivity contribution in [1.82, 2.24) is 10.6 Å². The van der Waals surface area contributed by atoms with Crippen LogP contribution < -0.4 is 20.1 Å². The summed E-state index contributed by atoms with van der Waals surface area (Å²) in [5.41, 5.74) is 1.07. The Kier molecular flexibility index (Phi) is 13.3. The van der Waals surface area contributed by atoms with Crippen LogP contribution >= 0.6 is 0 Å². The number of Topliss-reactive ketones (excluding diaryl/α,β-unsaturated/α-hetero) is 1. The molecule has 49 heavy (non-hydrogen) atoms. The van der Waals surface area contributed by atoms with E-state index < -0.39 is 72.8 Å². The van der Waals surface area contributed by atoms with Crippen LogP contribution in [0.3, 0.4) is 0 Å². The Morgan fingerprint density at radius 1 is 0.939 bits per heavy atom. The van der Waals surface area contributed by atoms with Gasteiger partial charge < -0.3 is 30.3 Å². The van der Waals surface area contributed by atoms with Gasteiger partial charge in [-0.15, -0.1) is 0 Å². The number of aliphatic carboxylic acids is 1. The van der Waals surface area contributed by atoms with Gasteiger partial charge in [-0.3, -0.25) is 14.4 Å². The maximum atomic E-state index is 13.9. The molecule has 4 atom stereocenters. The van der Waals surface area contributed by atoms with E-state index in [0.717, 1.165) is 0 Å². The third kappa shape index (κ3) is 11.1. The lowest BCUT2D eigenvalue weighted by Gasteiger charge is -2.29. The van der Waals surface area contributed by atoms with E-state index in [4.69, 9.17) is 14.6 Å². The fraction of sp³-hybridized carbons (Fsp3) is 0.343. The summed E-state index contributed by atoms with van der Waals surface area (Å²) >= 11 is 0. The van der Waals surface area contributed by atoms with Crippen molar-refractivity contribution < 1.29 is 52.0 Å². The number of rotatable bonds is 16. The zero-order valence-electron chi connectivity index (χ0n) is 26.9. The Morgan fingerprint density at radius 2 is 1.57 bits per heavy atom. The Balaban J connectivity index is 1.96.